The van der Waals surface area contributed by atoms with Crippen molar-refractivity contribution in [2.24, 2.45) is 0 Å². The second-order valence-corrected chi connectivity index (χ2v) is 5.69. The quantitative estimate of drug-likeness (QED) is 0.665. The van der Waals surface area contributed by atoms with E-state index in [1.54, 1.807) is 18.2 Å². The Morgan fingerprint density at radius 1 is 1.23 bits per heavy atom. The summed E-state index contributed by atoms with van der Waals surface area (Å²) >= 11 is 3.49. The smallest absolute Gasteiger partial charge is 0.189 e. The van der Waals surface area contributed by atoms with Crippen LogP contribution >= 0.6 is 15.9 Å². The second kappa shape index (κ2) is 6.34. The summed E-state index contributed by atoms with van der Waals surface area (Å²) in [6, 6.07) is 9.95. The van der Waals surface area contributed by atoms with Crippen LogP contribution in [0.2, 0.25) is 0 Å². The molecular weight excluding hydrogens is 348 g/mol. The van der Waals surface area contributed by atoms with E-state index in [9.17, 15) is 9.90 Å². The summed E-state index contributed by atoms with van der Waals surface area (Å²) in [5.74, 6) is 0.772. The average Bonchev–Trinajstić information content (AvgIpc) is 2.53. The van der Waals surface area contributed by atoms with Gasteiger partial charge in [-0.2, -0.15) is 0 Å². The van der Waals surface area contributed by atoms with Crippen LogP contribution in [0.5, 0.6) is 11.5 Å². The maximum atomic E-state index is 12.1. The zero-order chi connectivity index (χ0) is 15.5. The maximum absolute atomic E-state index is 12.1. The van der Waals surface area contributed by atoms with Crippen LogP contribution in [0.3, 0.4) is 0 Å². The molecule has 0 unspecified atom stereocenters. The summed E-state index contributed by atoms with van der Waals surface area (Å²) in [7, 11) is 0. The van der Waals surface area contributed by atoms with Gasteiger partial charge in [0, 0.05) is 15.6 Å². The molecule has 2 aromatic carbocycles. The van der Waals surface area contributed by atoms with Gasteiger partial charge in [-0.1, -0.05) is 22.0 Å². The van der Waals surface area contributed by atoms with Gasteiger partial charge in [0.25, 0.3) is 0 Å². The first-order valence-corrected chi connectivity index (χ1v) is 7.47. The lowest BCUT2D eigenvalue weighted by atomic mass is 10.1. The summed E-state index contributed by atoms with van der Waals surface area (Å²) in [6.45, 7) is 0.741. The molecule has 1 N–H and O–H groups in total. The maximum Gasteiger partial charge on any atom is 0.189 e. The predicted molar refractivity (Wildman–Crippen MR) is 85.9 cm³/mol. The van der Waals surface area contributed by atoms with Gasteiger partial charge in [0.05, 0.1) is 6.61 Å². The molecule has 112 valence electrons. The van der Waals surface area contributed by atoms with Gasteiger partial charge in [-0.3, -0.25) is 4.79 Å². The van der Waals surface area contributed by atoms with Gasteiger partial charge in [0.2, 0.25) is 0 Å². The molecule has 0 aromatic heterocycles. The van der Waals surface area contributed by atoms with E-state index in [0.29, 0.717) is 12.2 Å². The molecule has 0 radical (unpaired) electrons. The Bertz CT molecular complexity index is 735. The predicted octanol–water partition coefficient (Wildman–Crippen LogP) is 3.92. The van der Waals surface area contributed by atoms with Crippen molar-refractivity contribution >= 4 is 27.8 Å². The first-order valence-electron chi connectivity index (χ1n) is 6.68. The average molecular weight is 361 g/mol. The Hall–Kier alpha value is -2.11. The monoisotopic (exact) mass is 360 g/mol. The van der Waals surface area contributed by atoms with Crippen molar-refractivity contribution in [1.29, 1.82) is 0 Å². The van der Waals surface area contributed by atoms with Crippen molar-refractivity contribution in [3.05, 3.63) is 63.6 Å². The molecule has 1 aliphatic heterocycles. The highest BCUT2D eigenvalue weighted by atomic mass is 79.9. The SMILES string of the molecule is O=C(C=Cc1cc(Br)c2c(c1)OCOC2)c1ccc(O)cc1. The van der Waals surface area contributed by atoms with Crippen LogP contribution < -0.4 is 4.74 Å². The number of phenols is 1. The van der Waals surface area contributed by atoms with Crippen molar-refractivity contribution < 1.29 is 19.4 Å². The molecule has 0 atom stereocenters. The third-order valence-electron chi connectivity index (χ3n) is 3.30. The minimum Gasteiger partial charge on any atom is -0.508 e. The number of carbonyl (C=O) groups excluding carboxylic acids is 1. The highest BCUT2D eigenvalue weighted by Gasteiger charge is 2.14. The molecule has 0 aliphatic carbocycles. The molecule has 3 rings (SSSR count). The number of hydrogen-bond acceptors (Lipinski definition) is 4. The summed E-state index contributed by atoms with van der Waals surface area (Å²) in [6.07, 6.45) is 3.24. The molecule has 2 aromatic rings. The molecule has 0 amide bonds. The Morgan fingerprint density at radius 2 is 2.00 bits per heavy atom. The molecule has 4 nitrogen and oxygen atoms in total. The molecule has 1 aliphatic rings. The van der Waals surface area contributed by atoms with E-state index in [2.05, 4.69) is 15.9 Å². The van der Waals surface area contributed by atoms with Crippen LogP contribution in [0.1, 0.15) is 21.5 Å². The minimum absolute atomic E-state index is 0.127. The lowest BCUT2D eigenvalue weighted by molar-refractivity contribution is -0.0167. The number of ketones is 1. The highest BCUT2D eigenvalue weighted by molar-refractivity contribution is 9.10. The largest absolute Gasteiger partial charge is 0.508 e. The molecule has 0 saturated carbocycles. The number of halogens is 1. The standard InChI is InChI=1S/C17H13BrO4/c18-15-7-11(8-17-14(15)9-21-10-22-17)1-6-16(20)12-2-4-13(19)5-3-12/h1-8,19H,9-10H2. The first-order chi connectivity index (χ1) is 10.6. The van der Waals surface area contributed by atoms with Gasteiger partial charge in [0.1, 0.15) is 11.5 Å². The zero-order valence-electron chi connectivity index (χ0n) is 11.6. The van der Waals surface area contributed by atoms with Gasteiger partial charge >= 0.3 is 0 Å². The summed E-state index contributed by atoms with van der Waals surface area (Å²) < 4.78 is 11.6. The molecule has 0 spiro atoms. The van der Waals surface area contributed by atoms with E-state index in [1.165, 1.54) is 18.2 Å². The second-order valence-electron chi connectivity index (χ2n) is 4.83. The Morgan fingerprint density at radius 3 is 2.77 bits per heavy atom. The van der Waals surface area contributed by atoms with E-state index in [1.807, 2.05) is 12.1 Å². The molecule has 5 heteroatoms. The van der Waals surface area contributed by atoms with E-state index in [0.717, 1.165) is 21.3 Å². The normalized spacial score (nSPS) is 13.7. The summed E-state index contributed by atoms with van der Waals surface area (Å²) in [5, 5.41) is 9.23. The topological polar surface area (TPSA) is 55.8 Å². The number of phenolic OH excluding ortho intramolecular Hbond substituents is 1. The first kappa shape index (κ1) is 14.8. The molecule has 22 heavy (non-hydrogen) atoms. The van der Waals surface area contributed by atoms with Crippen LogP contribution in [0.15, 0.2) is 46.9 Å². The van der Waals surface area contributed by atoms with E-state index in [-0.39, 0.29) is 18.3 Å². The van der Waals surface area contributed by atoms with Gasteiger partial charge in [-0.05, 0) is 48.0 Å². The number of aromatic hydroxyl groups is 1. The number of fused-ring (bicyclic) bond motifs is 1. The van der Waals surface area contributed by atoms with Crippen LogP contribution in [0.25, 0.3) is 6.08 Å². The van der Waals surface area contributed by atoms with Crippen molar-refractivity contribution in [2.45, 2.75) is 6.61 Å². The fraction of sp³-hybridized carbons (Fsp3) is 0.118. The number of allylic oxidation sites excluding steroid dienone is 1. The third kappa shape index (κ3) is 3.21. The molecule has 1 heterocycles. The van der Waals surface area contributed by atoms with Crippen LogP contribution in [-0.4, -0.2) is 17.7 Å². The Labute approximate surface area is 136 Å². The van der Waals surface area contributed by atoms with Crippen molar-refractivity contribution in [1.82, 2.24) is 0 Å². The zero-order valence-corrected chi connectivity index (χ0v) is 13.2. The Balaban J connectivity index is 1.82. The fourth-order valence-corrected chi connectivity index (χ4v) is 2.71. The van der Waals surface area contributed by atoms with E-state index in [4.69, 9.17) is 9.47 Å². The number of hydrogen-bond donors (Lipinski definition) is 1. The third-order valence-corrected chi connectivity index (χ3v) is 4.01. The molecular formula is C17H13BrO4. The van der Waals surface area contributed by atoms with Gasteiger partial charge < -0.3 is 14.6 Å². The lowest BCUT2D eigenvalue weighted by Crippen LogP contribution is -2.11. The molecule has 0 saturated heterocycles. The van der Waals surface area contributed by atoms with Crippen LogP contribution in [0.4, 0.5) is 0 Å². The van der Waals surface area contributed by atoms with E-state index < -0.39 is 0 Å². The fourth-order valence-electron chi connectivity index (χ4n) is 2.14. The van der Waals surface area contributed by atoms with Crippen molar-refractivity contribution in [3.8, 4) is 11.5 Å². The molecule has 0 fully saturated rings. The number of rotatable bonds is 3. The minimum atomic E-state index is -0.127. The lowest BCUT2D eigenvalue weighted by Gasteiger charge is -2.19. The summed E-state index contributed by atoms with van der Waals surface area (Å²) in [5.41, 5.74) is 2.35. The Kier molecular flexibility index (Phi) is 4.27. The van der Waals surface area contributed by atoms with Gasteiger partial charge in [-0.25, -0.2) is 0 Å². The number of ether oxygens (including phenoxy) is 2. The van der Waals surface area contributed by atoms with Gasteiger partial charge in [0.15, 0.2) is 12.6 Å². The van der Waals surface area contributed by atoms with E-state index >= 15 is 0 Å². The van der Waals surface area contributed by atoms with Gasteiger partial charge in [-0.15, -0.1) is 0 Å². The number of benzene rings is 2. The van der Waals surface area contributed by atoms with Crippen molar-refractivity contribution in [3.63, 3.8) is 0 Å². The molecule has 0 bridgehead atoms. The van der Waals surface area contributed by atoms with Crippen molar-refractivity contribution in [2.75, 3.05) is 6.79 Å². The number of carbonyl (C=O) groups is 1. The van der Waals surface area contributed by atoms with Crippen LogP contribution in [0, 0.1) is 0 Å². The highest BCUT2D eigenvalue weighted by Crippen LogP contribution is 2.32. The van der Waals surface area contributed by atoms with Crippen LogP contribution in [-0.2, 0) is 11.3 Å². The summed E-state index contributed by atoms with van der Waals surface area (Å²) in [4.78, 5) is 12.1.